The van der Waals surface area contributed by atoms with Crippen molar-refractivity contribution < 1.29 is 18.7 Å². The zero-order valence-electron chi connectivity index (χ0n) is 16.7. The Morgan fingerprint density at radius 1 is 1.28 bits per heavy atom. The van der Waals surface area contributed by atoms with Crippen LogP contribution in [0.25, 0.3) is 11.3 Å². The minimum absolute atomic E-state index is 0.123. The highest BCUT2D eigenvalue weighted by Gasteiger charge is 2.25. The number of fused-ring (bicyclic) bond motifs is 1. The Bertz CT molecular complexity index is 1040. The lowest BCUT2D eigenvalue weighted by molar-refractivity contribution is 0.0897. The molecule has 1 unspecified atom stereocenters. The minimum atomic E-state index is -0.266. The van der Waals surface area contributed by atoms with Gasteiger partial charge in [-0.1, -0.05) is 0 Å². The Labute approximate surface area is 169 Å². The molecule has 2 aromatic heterocycles. The van der Waals surface area contributed by atoms with E-state index in [1.165, 1.54) is 0 Å². The zero-order chi connectivity index (χ0) is 20.4. The van der Waals surface area contributed by atoms with E-state index in [-0.39, 0.29) is 17.8 Å². The number of furan rings is 1. The van der Waals surface area contributed by atoms with Gasteiger partial charge >= 0.3 is 0 Å². The normalized spacial score (nSPS) is 15.1. The van der Waals surface area contributed by atoms with Crippen LogP contribution in [-0.2, 0) is 17.8 Å². The van der Waals surface area contributed by atoms with Crippen molar-refractivity contribution in [3.05, 3.63) is 65.0 Å². The average Bonchev–Trinajstić information content (AvgIpc) is 3.34. The van der Waals surface area contributed by atoms with Crippen molar-refractivity contribution in [2.75, 3.05) is 13.7 Å². The van der Waals surface area contributed by atoms with E-state index in [2.05, 4.69) is 21.4 Å². The van der Waals surface area contributed by atoms with E-state index < -0.39 is 0 Å². The van der Waals surface area contributed by atoms with E-state index in [0.29, 0.717) is 18.9 Å². The first kappa shape index (κ1) is 19.1. The number of rotatable bonds is 6. The molecule has 0 spiro atoms. The van der Waals surface area contributed by atoms with Gasteiger partial charge in [0, 0.05) is 25.3 Å². The van der Waals surface area contributed by atoms with Gasteiger partial charge < -0.3 is 19.2 Å². The van der Waals surface area contributed by atoms with Gasteiger partial charge in [-0.2, -0.15) is 0 Å². The summed E-state index contributed by atoms with van der Waals surface area (Å²) in [5, 5.41) is 2.87. The Morgan fingerprint density at radius 3 is 2.97 bits per heavy atom. The molecule has 7 nitrogen and oxygen atoms in total. The molecule has 0 saturated heterocycles. The maximum atomic E-state index is 12.3. The number of ether oxygens (including phenoxy) is 2. The summed E-state index contributed by atoms with van der Waals surface area (Å²) in [6, 6.07) is 9.43. The fourth-order valence-corrected chi connectivity index (χ4v) is 3.41. The molecular formula is C22H23N3O4. The summed E-state index contributed by atoms with van der Waals surface area (Å²) in [6.07, 6.45) is 2.36. The molecule has 150 valence electrons. The number of amides is 1. The second-order valence-corrected chi connectivity index (χ2v) is 7.12. The number of aryl methyl sites for hydroxylation is 2. The molecule has 0 radical (unpaired) electrons. The van der Waals surface area contributed by atoms with Crippen molar-refractivity contribution >= 4 is 5.91 Å². The molecule has 1 aliphatic rings. The number of nitrogens with one attached hydrogen (secondary N) is 1. The summed E-state index contributed by atoms with van der Waals surface area (Å²) in [7, 11) is 1.58. The quantitative estimate of drug-likeness (QED) is 0.692. The van der Waals surface area contributed by atoms with Crippen molar-refractivity contribution in [2.45, 2.75) is 33.0 Å². The summed E-state index contributed by atoms with van der Waals surface area (Å²) in [5.41, 5.74) is 4.78. The van der Waals surface area contributed by atoms with E-state index in [4.69, 9.17) is 13.9 Å². The van der Waals surface area contributed by atoms with Gasteiger partial charge in [-0.15, -0.1) is 0 Å². The van der Waals surface area contributed by atoms with Crippen LogP contribution < -0.4 is 10.1 Å². The molecule has 3 heterocycles. The van der Waals surface area contributed by atoms with E-state index in [9.17, 15) is 4.79 Å². The molecule has 3 aromatic rings. The second-order valence-electron chi connectivity index (χ2n) is 7.12. The molecule has 1 atom stereocenters. The Hall–Kier alpha value is -3.19. The summed E-state index contributed by atoms with van der Waals surface area (Å²) < 4.78 is 16.4. The number of hydrogen-bond acceptors (Lipinski definition) is 6. The number of carbonyl (C=O) groups excluding carboxylic acids is 1. The van der Waals surface area contributed by atoms with Gasteiger partial charge in [0.05, 0.1) is 23.6 Å². The van der Waals surface area contributed by atoms with Gasteiger partial charge in [0.1, 0.15) is 24.2 Å². The van der Waals surface area contributed by atoms with Gasteiger partial charge in [0.2, 0.25) is 0 Å². The Kier molecular flexibility index (Phi) is 5.31. The zero-order valence-corrected chi connectivity index (χ0v) is 16.7. The molecule has 29 heavy (non-hydrogen) atoms. The van der Waals surface area contributed by atoms with Gasteiger partial charge in [-0.3, -0.25) is 9.78 Å². The van der Waals surface area contributed by atoms with E-state index in [1.54, 1.807) is 25.4 Å². The van der Waals surface area contributed by atoms with Crippen LogP contribution in [0.3, 0.4) is 0 Å². The number of carbonyl (C=O) groups is 1. The largest absolute Gasteiger partial charge is 0.488 e. The van der Waals surface area contributed by atoms with Gasteiger partial charge in [-0.25, -0.2) is 4.98 Å². The smallest absolute Gasteiger partial charge is 0.287 e. The highest BCUT2D eigenvalue weighted by molar-refractivity contribution is 5.91. The number of aromatic nitrogens is 2. The monoisotopic (exact) mass is 393 g/mol. The fraction of sp³-hybridized carbons (Fsp3) is 0.318. The third kappa shape index (κ3) is 4.14. The lowest BCUT2D eigenvalue weighted by Gasteiger charge is -2.11. The topological polar surface area (TPSA) is 86.5 Å². The van der Waals surface area contributed by atoms with E-state index in [1.807, 2.05) is 26.0 Å². The van der Waals surface area contributed by atoms with Gasteiger partial charge in [0.25, 0.3) is 5.91 Å². The highest BCUT2D eigenvalue weighted by atomic mass is 16.5. The molecule has 1 aromatic carbocycles. The third-order valence-corrected chi connectivity index (χ3v) is 4.81. The standard InChI is InChI=1S/C22H23N3O4/c1-13-10-23-14(2)21(25-13)15-4-6-19-16(8-15)9-18(29-19)11-24-22(26)20-7-5-17(28-20)12-27-3/h4-8,10,18H,9,11-12H2,1-3H3,(H,24,26). The first-order chi connectivity index (χ1) is 14.0. The predicted molar refractivity (Wildman–Crippen MR) is 107 cm³/mol. The minimum Gasteiger partial charge on any atom is -0.488 e. The molecular weight excluding hydrogens is 370 g/mol. The lowest BCUT2D eigenvalue weighted by atomic mass is 10.0. The number of benzene rings is 1. The SMILES string of the molecule is COCc1ccc(C(=O)NCC2Cc3cc(-c4nc(C)cnc4C)ccc3O2)o1. The average molecular weight is 393 g/mol. The summed E-state index contributed by atoms with van der Waals surface area (Å²) in [5.74, 6) is 1.46. The molecule has 7 heteroatoms. The van der Waals surface area contributed by atoms with Crippen molar-refractivity contribution in [3.8, 4) is 17.0 Å². The highest BCUT2D eigenvalue weighted by Crippen LogP contribution is 2.33. The van der Waals surface area contributed by atoms with Crippen LogP contribution >= 0.6 is 0 Å². The maximum absolute atomic E-state index is 12.3. The molecule has 0 saturated carbocycles. The van der Waals surface area contributed by atoms with Crippen LogP contribution in [0.4, 0.5) is 0 Å². The third-order valence-electron chi connectivity index (χ3n) is 4.81. The van der Waals surface area contributed by atoms with Crippen LogP contribution in [-0.4, -0.2) is 35.6 Å². The first-order valence-corrected chi connectivity index (χ1v) is 9.49. The summed E-state index contributed by atoms with van der Waals surface area (Å²) >= 11 is 0. The molecule has 1 aliphatic heterocycles. The summed E-state index contributed by atoms with van der Waals surface area (Å²) in [4.78, 5) is 21.3. The van der Waals surface area contributed by atoms with Crippen LogP contribution in [0.5, 0.6) is 5.75 Å². The number of methoxy groups -OCH3 is 1. The van der Waals surface area contributed by atoms with Crippen molar-refractivity contribution in [1.29, 1.82) is 0 Å². The first-order valence-electron chi connectivity index (χ1n) is 9.49. The maximum Gasteiger partial charge on any atom is 0.287 e. The Balaban J connectivity index is 1.40. The number of nitrogens with zero attached hydrogens (tertiary/aromatic N) is 2. The van der Waals surface area contributed by atoms with Gasteiger partial charge in [-0.05, 0) is 49.7 Å². The predicted octanol–water partition coefficient (Wildman–Crippen LogP) is 3.23. The summed E-state index contributed by atoms with van der Waals surface area (Å²) in [6.45, 7) is 4.62. The van der Waals surface area contributed by atoms with Crippen molar-refractivity contribution in [3.63, 3.8) is 0 Å². The van der Waals surface area contributed by atoms with Crippen molar-refractivity contribution in [2.24, 2.45) is 0 Å². The van der Waals surface area contributed by atoms with Crippen molar-refractivity contribution in [1.82, 2.24) is 15.3 Å². The van der Waals surface area contributed by atoms with Crippen LogP contribution in [0.1, 0.15) is 33.3 Å². The second kappa shape index (κ2) is 8.05. The number of hydrogen-bond donors (Lipinski definition) is 1. The fourth-order valence-electron chi connectivity index (χ4n) is 3.41. The van der Waals surface area contributed by atoms with E-state index in [0.717, 1.165) is 40.4 Å². The molecule has 0 bridgehead atoms. The van der Waals surface area contributed by atoms with E-state index >= 15 is 0 Å². The van der Waals surface area contributed by atoms with Crippen LogP contribution in [0, 0.1) is 13.8 Å². The molecule has 4 rings (SSSR count). The molecule has 0 aliphatic carbocycles. The molecule has 1 amide bonds. The van der Waals surface area contributed by atoms with Crippen LogP contribution in [0.2, 0.25) is 0 Å². The lowest BCUT2D eigenvalue weighted by Crippen LogP contribution is -2.34. The Morgan fingerprint density at radius 2 is 2.14 bits per heavy atom. The van der Waals surface area contributed by atoms with Crippen LogP contribution in [0.15, 0.2) is 40.9 Å². The molecule has 0 fully saturated rings. The van der Waals surface area contributed by atoms with Gasteiger partial charge in [0.15, 0.2) is 5.76 Å². The molecule has 1 N–H and O–H groups in total.